The molecule has 74 valence electrons. The Morgan fingerprint density at radius 1 is 1.36 bits per heavy atom. The van der Waals surface area contributed by atoms with Gasteiger partial charge in [-0.1, -0.05) is 25.4 Å². The van der Waals surface area contributed by atoms with Gasteiger partial charge in [0.2, 0.25) is 0 Å². The van der Waals surface area contributed by atoms with Gasteiger partial charge in [-0.25, -0.2) is 15.0 Å². The monoisotopic (exact) mass is 210 g/mol. The number of hydrogen-bond donors (Lipinski definition) is 0. The van der Waals surface area contributed by atoms with Crippen molar-refractivity contribution in [1.29, 1.82) is 0 Å². The van der Waals surface area contributed by atoms with Gasteiger partial charge in [0.05, 0.1) is 6.33 Å². The lowest BCUT2D eigenvalue weighted by molar-refractivity contribution is 0.780. The highest BCUT2D eigenvalue weighted by atomic mass is 35.5. The fourth-order valence-electron chi connectivity index (χ4n) is 1.28. The van der Waals surface area contributed by atoms with Gasteiger partial charge in [-0.05, 0) is 0 Å². The summed E-state index contributed by atoms with van der Waals surface area (Å²) in [5.74, 6) is 1.00. The van der Waals surface area contributed by atoms with E-state index in [1.165, 1.54) is 0 Å². The second kappa shape index (κ2) is 3.20. The predicted octanol–water partition coefficient (Wildman–Crippen LogP) is 2.14. The van der Waals surface area contributed by atoms with Crippen LogP contribution in [-0.2, 0) is 7.05 Å². The van der Waals surface area contributed by atoms with Crippen LogP contribution in [0.1, 0.15) is 25.6 Å². The average molecular weight is 211 g/mol. The molecular weight excluding hydrogens is 200 g/mol. The summed E-state index contributed by atoms with van der Waals surface area (Å²) in [6, 6.07) is 0. The van der Waals surface area contributed by atoms with Crippen molar-refractivity contribution < 1.29 is 0 Å². The second-order valence-corrected chi connectivity index (χ2v) is 3.91. The van der Waals surface area contributed by atoms with Crippen molar-refractivity contribution in [1.82, 2.24) is 19.5 Å². The molecule has 0 radical (unpaired) electrons. The molecule has 0 aliphatic rings. The van der Waals surface area contributed by atoms with Crippen LogP contribution in [0.25, 0.3) is 11.2 Å². The number of nitrogens with zero attached hydrogens (tertiary/aromatic N) is 4. The van der Waals surface area contributed by atoms with Crippen molar-refractivity contribution in [3.05, 3.63) is 17.3 Å². The van der Waals surface area contributed by atoms with Crippen molar-refractivity contribution >= 4 is 22.8 Å². The SMILES string of the molecule is CC(C)c1nc(Cl)c2c(ncn2C)n1. The zero-order valence-corrected chi connectivity index (χ0v) is 9.08. The van der Waals surface area contributed by atoms with Crippen molar-refractivity contribution in [3.63, 3.8) is 0 Å². The average Bonchev–Trinajstić information content (AvgIpc) is 2.48. The fourth-order valence-corrected chi connectivity index (χ4v) is 1.59. The topological polar surface area (TPSA) is 43.6 Å². The molecule has 0 unspecified atom stereocenters. The van der Waals surface area contributed by atoms with Gasteiger partial charge in [-0.2, -0.15) is 0 Å². The van der Waals surface area contributed by atoms with Crippen LogP contribution in [0.2, 0.25) is 5.15 Å². The molecule has 2 aromatic heterocycles. The number of imidazole rings is 1. The molecule has 0 saturated carbocycles. The van der Waals surface area contributed by atoms with Gasteiger partial charge in [0.15, 0.2) is 10.8 Å². The summed E-state index contributed by atoms with van der Waals surface area (Å²) < 4.78 is 1.82. The van der Waals surface area contributed by atoms with Gasteiger partial charge in [-0.15, -0.1) is 0 Å². The number of halogens is 1. The molecule has 0 aliphatic heterocycles. The normalized spacial score (nSPS) is 11.5. The summed E-state index contributed by atoms with van der Waals surface area (Å²) in [5, 5.41) is 0.471. The third-order valence-electron chi connectivity index (χ3n) is 2.06. The standard InChI is InChI=1S/C9H11ClN4/c1-5(2)8-12-7(10)6-9(13-8)11-4-14(6)3/h4-5H,1-3H3. The maximum Gasteiger partial charge on any atom is 0.182 e. The number of aryl methyl sites for hydroxylation is 1. The van der Waals surface area contributed by atoms with E-state index >= 15 is 0 Å². The molecule has 0 bridgehead atoms. The van der Waals surface area contributed by atoms with Crippen LogP contribution < -0.4 is 0 Å². The van der Waals surface area contributed by atoms with E-state index in [0.29, 0.717) is 10.8 Å². The third-order valence-corrected chi connectivity index (χ3v) is 2.33. The Kier molecular flexibility index (Phi) is 2.15. The van der Waals surface area contributed by atoms with E-state index < -0.39 is 0 Å². The van der Waals surface area contributed by atoms with Gasteiger partial charge < -0.3 is 4.57 Å². The Bertz CT molecular complexity index is 475. The number of aromatic nitrogens is 4. The van der Waals surface area contributed by atoms with E-state index in [9.17, 15) is 0 Å². The molecule has 0 saturated heterocycles. The molecule has 0 aliphatic carbocycles. The van der Waals surface area contributed by atoms with E-state index in [1.54, 1.807) is 6.33 Å². The van der Waals surface area contributed by atoms with E-state index in [2.05, 4.69) is 15.0 Å². The van der Waals surface area contributed by atoms with Crippen LogP contribution in [0.3, 0.4) is 0 Å². The second-order valence-electron chi connectivity index (χ2n) is 3.56. The summed E-state index contributed by atoms with van der Waals surface area (Å²) in [6.07, 6.45) is 1.69. The van der Waals surface area contributed by atoms with Gasteiger partial charge in [-0.3, -0.25) is 0 Å². The van der Waals surface area contributed by atoms with E-state index in [4.69, 9.17) is 11.6 Å². The first-order valence-electron chi connectivity index (χ1n) is 4.44. The van der Waals surface area contributed by atoms with Crippen molar-refractivity contribution in [3.8, 4) is 0 Å². The minimum atomic E-state index is 0.263. The Morgan fingerprint density at radius 2 is 2.07 bits per heavy atom. The number of hydrogen-bond acceptors (Lipinski definition) is 3. The molecule has 2 rings (SSSR count). The quantitative estimate of drug-likeness (QED) is 0.678. The minimum absolute atomic E-state index is 0.263. The van der Waals surface area contributed by atoms with Crippen LogP contribution in [0.5, 0.6) is 0 Å². The highest BCUT2D eigenvalue weighted by molar-refractivity contribution is 6.33. The fraction of sp³-hybridized carbons (Fsp3) is 0.444. The van der Waals surface area contributed by atoms with Crippen LogP contribution in [0.4, 0.5) is 0 Å². The molecule has 4 nitrogen and oxygen atoms in total. The van der Waals surface area contributed by atoms with E-state index in [0.717, 1.165) is 11.3 Å². The molecule has 14 heavy (non-hydrogen) atoms. The largest absolute Gasteiger partial charge is 0.330 e. The van der Waals surface area contributed by atoms with Gasteiger partial charge >= 0.3 is 0 Å². The van der Waals surface area contributed by atoms with Gasteiger partial charge in [0, 0.05) is 13.0 Å². The number of fused-ring (bicyclic) bond motifs is 1. The third kappa shape index (κ3) is 1.35. The van der Waals surface area contributed by atoms with E-state index in [1.807, 2.05) is 25.5 Å². The van der Waals surface area contributed by atoms with Crippen LogP contribution in [0.15, 0.2) is 6.33 Å². The molecule has 0 amide bonds. The van der Waals surface area contributed by atoms with Gasteiger partial charge in [0.1, 0.15) is 11.3 Å². The molecule has 2 aromatic rings. The summed E-state index contributed by atoms with van der Waals surface area (Å²) in [5.41, 5.74) is 1.45. The lowest BCUT2D eigenvalue weighted by atomic mass is 10.2. The maximum atomic E-state index is 6.04. The Morgan fingerprint density at radius 3 is 2.71 bits per heavy atom. The summed E-state index contributed by atoms with van der Waals surface area (Å²) in [7, 11) is 1.87. The van der Waals surface area contributed by atoms with Crippen molar-refractivity contribution in [2.45, 2.75) is 19.8 Å². The molecule has 0 atom stereocenters. The first kappa shape index (κ1) is 9.40. The molecule has 0 spiro atoms. The summed E-state index contributed by atoms with van der Waals surface area (Å²) >= 11 is 6.04. The van der Waals surface area contributed by atoms with Gasteiger partial charge in [0.25, 0.3) is 0 Å². The molecule has 5 heteroatoms. The van der Waals surface area contributed by atoms with E-state index in [-0.39, 0.29) is 5.92 Å². The summed E-state index contributed by atoms with van der Waals surface area (Å²) in [4.78, 5) is 12.7. The zero-order chi connectivity index (χ0) is 10.3. The lowest BCUT2D eigenvalue weighted by Gasteiger charge is -2.04. The van der Waals surface area contributed by atoms with Crippen molar-refractivity contribution in [2.24, 2.45) is 7.05 Å². The molecule has 2 heterocycles. The maximum absolute atomic E-state index is 6.04. The Labute approximate surface area is 87.0 Å². The van der Waals surface area contributed by atoms with Crippen LogP contribution in [0, 0.1) is 0 Å². The summed E-state index contributed by atoms with van der Waals surface area (Å²) in [6.45, 7) is 4.06. The van der Waals surface area contributed by atoms with Crippen molar-refractivity contribution in [2.75, 3.05) is 0 Å². The highest BCUT2D eigenvalue weighted by Crippen LogP contribution is 2.21. The van der Waals surface area contributed by atoms with Crippen LogP contribution in [-0.4, -0.2) is 19.5 Å². The Balaban J connectivity index is 2.74. The smallest absolute Gasteiger partial charge is 0.182 e. The lowest BCUT2D eigenvalue weighted by Crippen LogP contribution is -1.99. The first-order chi connectivity index (χ1) is 6.59. The first-order valence-corrected chi connectivity index (χ1v) is 4.82. The minimum Gasteiger partial charge on any atom is -0.330 e. The predicted molar refractivity (Wildman–Crippen MR) is 55.4 cm³/mol. The molecule has 0 fully saturated rings. The van der Waals surface area contributed by atoms with Crippen LogP contribution >= 0.6 is 11.6 Å². The molecular formula is C9H11ClN4. The number of rotatable bonds is 1. The molecule has 0 N–H and O–H groups in total. The molecule has 0 aromatic carbocycles. The Hall–Kier alpha value is -1.16. The highest BCUT2D eigenvalue weighted by Gasteiger charge is 2.11. The zero-order valence-electron chi connectivity index (χ0n) is 8.32.